The first kappa shape index (κ1) is 13.8. The molecule has 1 aromatic rings. The molecule has 0 unspecified atom stereocenters. The molecule has 1 aliphatic carbocycles. The van der Waals surface area contributed by atoms with Gasteiger partial charge in [-0.15, -0.1) is 0 Å². The third-order valence-electron chi connectivity index (χ3n) is 3.57. The first-order valence-corrected chi connectivity index (χ1v) is 6.54. The van der Waals surface area contributed by atoms with E-state index in [1.54, 1.807) is 0 Å². The predicted octanol–water partition coefficient (Wildman–Crippen LogP) is 1.91. The zero-order chi connectivity index (χ0) is 13.8. The number of carbonyl (C=O) groups excluding carboxylic acids is 1. The summed E-state index contributed by atoms with van der Waals surface area (Å²) in [6.45, 7) is -0.00523. The molecule has 0 saturated heterocycles. The molecule has 0 spiro atoms. The molecule has 0 atom stereocenters. The average molecular weight is 267 g/mol. The first-order valence-electron chi connectivity index (χ1n) is 6.54. The average Bonchev–Trinajstić information content (AvgIpc) is 2.89. The SMILES string of the molecule is O=C(c1c(O)cccc1F)N(CCO)C1CCCC1. The van der Waals surface area contributed by atoms with Crippen molar-refractivity contribution < 1.29 is 19.4 Å². The van der Waals surface area contributed by atoms with E-state index in [1.807, 2.05) is 0 Å². The van der Waals surface area contributed by atoms with E-state index in [0.717, 1.165) is 31.7 Å². The number of aliphatic hydroxyl groups excluding tert-OH is 1. The minimum atomic E-state index is -0.731. The van der Waals surface area contributed by atoms with E-state index >= 15 is 0 Å². The van der Waals surface area contributed by atoms with Crippen molar-refractivity contribution in [2.24, 2.45) is 0 Å². The fourth-order valence-corrected chi connectivity index (χ4v) is 2.64. The molecule has 104 valence electrons. The van der Waals surface area contributed by atoms with Gasteiger partial charge in [-0.3, -0.25) is 4.79 Å². The molecule has 0 radical (unpaired) electrons. The molecule has 1 aromatic carbocycles. The third kappa shape index (κ3) is 2.87. The zero-order valence-corrected chi connectivity index (χ0v) is 10.7. The van der Waals surface area contributed by atoms with Crippen LogP contribution in [-0.2, 0) is 0 Å². The Morgan fingerprint density at radius 1 is 1.37 bits per heavy atom. The Morgan fingerprint density at radius 2 is 2.05 bits per heavy atom. The van der Waals surface area contributed by atoms with Crippen LogP contribution in [0.5, 0.6) is 5.75 Å². The number of carbonyl (C=O) groups is 1. The molecule has 0 bridgehead atoms. The molecule has 1 amide bonds. The van der Waals surface area contributed by atoms with Crippen LogP contribution in [0.25, 0.3) is 0 Å². The Bertz CT molecular complexity index is 438. The van der Waals surface area contributed by atoms with E-state index in [-0.39, 0.29) is 30.5 Å². The van der Waals surface area contributed by atoms with Gasteiger partial charge < -0.3 is 15.1 Å². The summed E-state index contributed by atoms with van der Waals surface area (Å²) in [7, 11) is 0. The van der Waals surface area contributed by atoms with Crippen LogP contribution in [0.2, 0.25) is 0 Å². The summed E-state index contributed by atoms with van der Waals surface area (Å²) in [5, 5.41) is 18.8. The predicted molar refractivity (Wildman–Crippen MR) is 68.4 cm³/mol. The molecule has 1 saturated carbocycles. The molecule has 0 aromatic heterocycles. The molecule has 1 aliphatic rings. The number of aliphatic hydroxyl groups is 1. The molecule has 4 nitrogen and oxygen atoms in total. The smallest absolute Gasteiger partial charge is 0.260 e. The summed E-state index contributed by atoms with van der Waals surface area (Å²) < 4.78 is 13.7. The van der Waals surface area contributed by atoms with Crippen molar-refractivity contribution >= 4 is 5.91 Å². The lowest BCUT2D eigenvalue weighted by Crippen LogP contribution is -2.41. The normalized spacial score (nSPS) is 15.7. The molecule has 2 N–H and O–H groups in total. The number of rotatable bonds is 4. The minimum Gasteiger partial charge on any atom is -0.507 e. The first-order chi connectivity index (χ1) is 9.15. The number of halogens is 1. The maximum absolute atomic E-state index is 13.7. The summed E-state index contributed by atoms with van der Waals surface area (Å²) in [6.07, 6.45) is 3.79. The summed E-state index contributed by atoms with van der Waals surface area (Å²) in [4.78, 5) is 13.9. The van der Waals surface area contributed by atoms with E-state index in [9.17, 15) is 14.3 Å². The molecular weight excluding hydrogens is 249 g/mol. The zero-order valence-electron chi connectivity index (χ0n) is 10.7. The second-order valence-electron chi connectivity index (χ2n) is 4.79. The number of hydrogen-bond acceptors (Lipinski definition) is 3. The maximum atomic E-state index is 13.7. The van der Waals surface area contributed by atoms with Crippen LogP contribution in [0.4, 0.5) is 4.39 Å². The second kappa shape index (κ2) is 6.02. The van der Waals surface area contributed by atoms with Crippen LogP contribution in [-0.4, -0.2) is 40.2 Å². The number of benzene rings is 1. The summed E-state index contributed by atoms with van der Waals surface area (Å²) in [6, 6.07) is 3.83. The number of amides is 1. The lowest BCUT2D eigenvalue weighted by atomic mass is 10.1. The number of phenols is 1. The van der Waals surface area contributed by atoms with Crippen LogP contribution >= 0.6 is 0 Å². The topological polar surface area (TPSA) is 60.8 Å². The van der Waals surface area contributed by atoms with Crippen LogP contribution < -0.4 is 0 Å². The van der Waals surface area contributed by atoms with Crippen LogP contribution in [0.15, 0.2) is 18.2 Å². The lowest BCUT2D eigenvalue weighted by molar-refractivity contribution is 0.0630. The number of hydrogen-bond donors (Lipinski definition) is 2. The fraction of sp³-hybridized carbons (Fsp3) is 0.500. The Kier molecular flexibility index (Phi) is 4.37. The highest BCUT2D eigenvalue weighted by Gasteiger charge is 2.29. The van der Waals surface area contributed by atoms with E-state index in [0.29, 0.717) is 0 Å². The maximum Gasteiger partial charge on any atom is 0.260 e. The van der Waals surface area contributed by atoms with Crippen molar-refractivity contribution in [3.8, 4) is 5.75 Å². The molecule has 0 heterocycles. The number of phenolic OH excluding ortho intramolecular Hbond substituents is 1. The molecule has 0 aliphatic heterocycles. The van der Waals surface area contributed by atoms with Crippen molar-refractivity contribution in [1.29, 1.82) is 0 Å². The van der Waals surface area contributed by atoms with Crippen molar-refractivity contribution in [2.45, 2.75) is 31.7 Å². The van der Waals surface area contributed by atoms with Gasteiger partial charge in [-0.1, -0.05) is 18.9 Å². The summed E-state index contributed by atoms with van der Waals surface area (Å²) in [5.74, 6) is -1.63. The van der Waals surface area contributed by atoms with Gasteiger partial charge in [-0.2, -0.15) is 0 Å². The molecular formula is C14H18FNO3. The van der Waals surface area contributed by atoms with Gasteiger partial charge in [0.15, 0.2) is 0 Å². The quantitative estimate of drug-likeness (QED) is 0.876. The second-order valence-corrected chi connectivity index (χ2v) is 4.79. The van der Waals surface area contributed by atoms with E-state index in [4.69, 9.17) is 5.11 Å². The largest absolute Gasteiger partial charge is 0.507 e. The van der Waals surface area contributed by atoms with Gasteiger partial charge in [0.1, 0.15) is 17.1 Å². The summed E-state index contributed by atoms with van der Waals surface area (Å²) in [5.41, 5.74) is -0.303. The van der Waals surface area contributed by atoms with Gasteiger partial charge >= 0.3 is 0 Å². The monoisotopic (exact) mass is 267 g/mol. The molecule has 5 heteroatoms. The standard InChI is InChI=1S/C14H18FNO3/c15-11-6-3-7-12(18)13(11)14(19)16(8-9-17)10-4-1-2-5-10/h3,6-7,10,17-18H,1-2,4-5,8-9H2. The van der Waals surface area contributed by atoms with Gasteiger partial charge in [-0.25, -0.2) is 4.39 Å². The fourth-order valence-electron chi connectivity index (χ4n) is 2.64. The van der Waals surface area contributed by atoms with Crippen molar-refractivity contribution in [1.82, 2.24) is 4.90 Å². The Balaban J connectivity index is 2.28. The Hall–Kier alpha value is -1.62. The van der Waals surface area contributed by atoms with E-state index in [2.05, 4.69) is 0 Å². The van der Waals surface area contributed by atoms with Crippen molar-refractivity contribution in [3.63, 3.8) is 0 Å². The van der Waals surface area contributed by atoms with Gasteiger partial charge in [-0.05, 0) is 25.0 Å². The third-order valence-corrected chi connectivity index (χ3v) is 3.57. The number of nitrogens with zero attached hydrogens (tertiary/aromatic N) is 1. The van der Waals surface area contributed by atoms with Crippen molar-refractivity contribution in [2.75, 3.05) is 13.2 Å². The van der Waals surface area contributed by atoms with Crippen LogP contribution in [0.3, 0.4) is 0 Å². The van der Waals surface area contributed by atoms with Gasteiger partial charge in [0.25, 0.3) is 5.91 Å². The van der Waals surface area contributed by atoms with Gasteiger partial charge in [0, 0.05) is 12.6 Å². The van der Waals surface area contributed by atoms with Crippen LogP contribution in [0.1, 0.15) is 36.0 Å². The Morgan fingerprint density at radius 3 is 2.63 bits per heavy atom. The summed E-state index contributed by atoms with van der Waals surface area (Å²) >= 11 is 0. The highest BCUT2D eigenvalue weighted by Crippen LogP contribution is 2.28. The number of aromatic hydroxyl groups is 1. The van der Waals surface area contributed by atoms with E-state index < -0.39 is 11.7 Å². The van der Waals surface area contributed by atoms with Gasteiger partial charge in [0.05, 0.1) is 6.61 Å². The van der Waals surface area contributed by atoms with Gasteiger partial charge in [0.2, 0.25) is 0 Å². The highest BCUT2D eigenvalue weighted by atomic mass is 19.1. The highest BCUT2D eigenvalue weighted by molar-refractivity contribution is 5.97. The van der Waals surface area contributed by atoms with Crippen molar-refractivity contribution in [3.05, 3.63) is 29.6 Å². The minimum absolute atomic E-state index is 0.0265. The lowest BCUT2D eigenvalue weighted by Gasteiger charge is -2.28. The molecule has 1 fully saturated rings. The molecule has 19 heavy (non-hydrogen) atoms. The Labute approximate surface area is 111 Å². The van der Waals surface area contributed by atoms with E-state index in [1.165, 1.54) is 17.0 Å². The molecule has 2 rings (SSSR count). The van der Waals surface area contributed by atoms with Crippen LogP contribution in [0, 0.1) is 5.82 Å².